The zero-order chi connectivity index (χ0) is 16.5. The minimum absolute atomic E-state index is 0.263. The lowest BCUT2D eigenvalue weighted by Gasteiger charge is -2.24. The molecule has 0 saturated heterocycles. The molecule has 128 valence electrons. The van der Waals surface area contributed by atoms with Crippen molar-refractivity contribution in [1.82, 2.24) is 5.32 Å². The van der Waals surface area contributed by atoms with Gasteiger partial charge in [-0.1, -0.05) is 37.5 Å². The normalized spacial score (nSPS) is 17.3. The average molecular weight is 319 g/mol. The monoisotopic (exact) mass is 319 g/mol. The molecule has 4 heteroatoms. The maximum Gasteiger partial charge on any atom is 0.161 e. The first-order valence-corrected chi connectivity index (χ1v) is 8.58. The van der Waals surface area contributed by atoms with Crippen LogP contribution in [0.5, 0.6) is 11.5 Å². The minimum Gasteiger partial charge on any atom is -0.493 e. The molecular weight excluding hydrogens is 290 g/mol. The summed E-state index contributed by atoms with van der Waals surface area (Å²) in [7, 11) is 1.63. The van der Waals surface area contributed by atoms with Gasteiger partial charge in [0.05, 0.1) is 7.11 Å². The third kappa shape index (κ3) is 5.88. The second-order valence-corrected chi connectivity index (χ2v) is 6.12. The highest BCUT2D eigenvalue weighted by Crippen LogP contribution is 2.28. The number of benzene rings is 1. The summed E-state index contributed by atoms with van der Waals surface area (Å²) in [5.74, 6) is 1.35. The van der Waals surface area contributed by atoms with E-state index in [1.807, 2.05) is 37.3 Å². The average Bonchev–Trinajstić information content (AvgIpc) is 2.59. The number of allylic oxidation sites excluding steroid dienone is 1. The van der Waals surface area contributed by atoms with Crippen LogP contribution in [0, 0.1) is 0 Å². The molecule has 0 radical (unpaired) electrons. The molecule has 0 spiro atoms. The Morgan fingerprint density at radius 2 is 2.04 bits per heavy atom. The van der Waals surface area contributed by atoms with Gasteiger partial charge in [0.1, 0.15) is 12.7 Å². The topological polar surface area (TPSA) is 50.7 Å². The summed E-state index contributed by atoms with van der Waals surface area (Å²) in [6.45, 7) is 2.81. The number of aliphatic hydroxyl groups excluding tert-OH is 1. The highest BCUT2D eigenvalue weighted by molar-refractivity contribution is 5.55. The van der Waals surface area contributed by atoms with Crippen molar-refractivity contribution in [2.45, 2.75) is 51.2 Å². The minimum atomic E-state index is -0.517. The molecule has 1 aromatic rings. The van der Waals surface area contributed by atoms with Gasteiger partial charge in [-0.15, -0.1) is 0 Å². The van der Waals surface area contributed by atoms with Crippen LogP contribution >= 0.6 is 0 Å². The number of aliphatic hydroxyl groups is 1. The van der Waals surface area contributed by atoms with E-state index >= 15 is 0 Å². The Balaban J connectivity index is 1.79. The standard InChI is InChI=1S/C19H29NO3/c1-3-7-15-10-11-18(19(12-15)22-2)23-14-17(21)13-20-16-8-5-4-6-9-16/h3,7,10-12,16-17,20-21H,4-6,8-9,13-14H2,1-2H3/b7-3+. The number of nitrogens with one attached hydrogen (secondary N) is 1. The van der Waals surface area contributed by atoms with E-state index in [0.29, 0.717) is 24.1 Å². The quantitative estimate of drug-likeness (QED) is 0.771. The third-order valence-electron chi connectivity index (χ3n) is 4.23. The van der Waals surface area contributed by atoms with Gasteiger partial charge in [0.15, 0.2) is 11.5 Å². The van der Waals surface area contributed by atoms with E-state index in [1.165, 1.54) is 32.1 Å². The van der Waals surface area contributed by atoms with Gasteiger partial charge in [-0.2, -0.15) is 0 Å². The summed E-state index contributed by atoms with van der Waals surface area (Å²) in [6, 6.07) is 6.34. The number of rotatable bonds is 8. The Morgan fingerprint density at radius 3 is 2.74 bits per heavy atom. The molecule has 1 aromatic carbocycles. The molecule has 1 fully saturated rings. The highest BCUT2D eigenvalue weighted by atomic mass is 16.5. The van der Waals surface area contributed by atoms with Gasteiger partial charge in [-0.3, -0.25) is 0 Å². The van der Waals surface area contributed by atoms with Crippen LogP contribution in [0.1, 0.15) is 44.6 Å². The van der Waals surface area contributed by atoms with Crippen LogP contribution < -0.4 is 14.8 Å². The fourth-order valence-electron chi connectivity index (χ4n) is 2.95. The summed E-state index contributed by atoms with van der Waals surface area (Å²) < 4.78 is 11.1. The Kier molecular flexibility index (Phi) is 7.43. The van der Waals surface area contributed by atoms with Gasteiger partial charge in [-0.25, -0.2) is 0 Å². The Bertz CT molecular complexity index is 495. The van der Waals surface area contributed by atoms with Crippen LogP contribution in [-0.4, -0.2) is 37.5 Å². The maximum atomic E-state index is 10.1. The summed E-state index contributed by atoms with van der Waals surface area (Å²) >= 11 is 0. The smallest absolute Gasteiger partial charge is 0.161 e. The van der Waals surface area contributed by atoms with Crippen molar-refractivity contribution in [3.63, 3.8) is 0 Å². The summed E-state index contributed by atoms with van der Waals surface area (Å²) in [6.07, 6.45) is 9.83. The molecule has 0 aliphatic heterocycles. The van der Waals surface area contributed by atoms with E-state index in [2.05, 4.69) is 5.32 Å². The predicted octanol–water partition coefficient (Wildman–Crippen LogP) is 3.39. The molecule has 1 aliphatic rings. The van der Waals surface area contributed by atoms with Crippen molar-refractivity contribution in [1.29, 1.82) is 0 Å². The van der Waals surface area contributed by atoms with Crippen LogP contribution in [-0.2, 0) is 0 Å². The summed E-state index contributed by atoms with van der Waals surface area (Å²) in [4.78, 5) is 0. The van der Waals surface area contributed by atoms with Gasteiger partial charge in [0, 0.05) is 12.6 Å². The van der Waals surface area contributed by atoms with E-state index in [1.54, 1.807) is 7.11 Å². The second kappa shape index (κ2) is 9.58. The lowest BCUT2D eigenvalue weighted by atomic mass is 9.95. The van der Waals surface area contributed by atoms with Crippen molar-refractivity contribution in [3.05, 3.63) is 29.8 Å². The SMILES string of the molecule is C/C=C/c1ccc(OCC(O)CNC2CCCCC2)c(OC)c1. The van der Waals surface area contributed by atoms with E-state index in [-0.39, 0.29) is 6.61 Å². The third-order valence-corrected chi connectivity index (χ3v) is 4.23. The molecule has 2 N–H and O–H groups in total. The van der Waals surface area contributed by atoms with Crippen LogP contribution in [0.25, 0.3) is 6.08 Å². The van der Waals surface area contributed by atoms with E-state index < -0.39 is 6.10 Å². The molecule has 0 amide bonds. The second-order valence-electron chi connectivity index (χ2n) is 6.12. The fourth-order valence-corrected chi connectivity index (χ4v) is 2.95. The molecule has 0 aromatic heterocycles. The van der Waals surface area contributed by atoms with E-state index in [4.69, 9.17) is 9.47 Å². The first kappa shape index (κ1) is 17.8. The molecule has 2 rings (SSSR count). The molecule has 1 aliphatic carbocycles. The molecule has 4 nitrogen and oxygen atoms in total. The molecule has 1 saturated carbocycles. The van der Waals surface area contributed by atoms with Crippen molar-refractivity contribution in [3.8, 4) is 11.5 Å². The van der Waals surface area contributed by atoms with Crippen LogP contribution in [0.3, 0.4) is 0 Å². The van der Waals surface area contributed by atoms with Crippen LogP contribution in [0.2, 0.25) is 0 Å². The van der Waals surface area contributed by atoms with Gasteiger partial charge < -0.3 is 19.9 Å². The van der Waals surface area contributed by atoms with E-state index in [0.717, 1.165) is 5.56 Å². The van der Waals surface area contributed by atoms with Gasteiger partial charge in [0.2, 0.25) is 0 Å². The zero-order valence-corrected chi connectivity index (χ0v) is 14.3. The first-order valence-electron chi connectivity index (χ1n) is 8.58. The first-order chi connectivity index (χ1) is 11.2. The number of ether oxygens (including phenoxy) is 2. The Labute approximate surface area is 139 Å². The molecule has 0 bridgehead atoms. The lowest BCUT2D eigenvalue weighted by Crippen LogP contribution is -2.38. The van der Waals surface area contributed by atoms with Crippen molar-refractivity contribution >= 4 is 6.08 Å². The lowest BCUT2D eigenvalue weighted by molar-refractivity contribution is 0.100. The molecule has 1 unspecified atom stereocenters. The summed E-state index contributed by atoms with van der Waals surface area (Å²) in [5, 5.41) is 13.5. The number of methoxy groups -OCH3 is 1. The largest absolute Gasteiger partial charge is 0.493 e. The van der Waals surface area contributed by atoms with Crippen molar-refractivity contribution in [2.75, 3.05) is 20.3 Å². The fraction of sp³-hybridized carbons (Fsp3) is 0.579. The summed E-state index contributed by atoms with van der Waals surface area (Å²) in [5.41, 5.74) is 1.07. The zero-order valence-electron chi connectivity index (χ0n) is 14.3. The molecule has 23 heavy (non-hydrogen) atoms. The highest BCUT2D eigenvalue weighted by Gasteiger charge is 2.15. The number of hydrogen-bond acceptors (Lipinski definition) is 4. The molecule has 1 atom stereocenters. The number of hydrogen-bond donors (Lipinski definition) is 2. The van der Waals surface area contributed by atoms with Crippen molar-refractivity contribution < 1.29 is 14.6 Å². The predicted molar refractivity (Wildman–Crippen MR) is 94.1 cm³/mol. The Morgan fingerprint density at radius 1 is 1.26 bits per heavy atom. The Hall–Kier alpha value is -1.52. The van der Waals surface area contributed by atoms with Crippen LogP contribution in [0.4, 0.5) is 0 Å². The molecular formula is C19H29NO3. The van der Waals surface area contributed by atoms with Gasteiger partial charge in [-0.05, 0) is 37.5 Å². The molecule has 0 heterocycles. The maximum absolute atomic E-state index is 10.1. The van der Waals surface area contributed by atoms with Crippen molar-refractivity contribution in [2.24, 2.45) is 0 Å². The van der Waals surface area contributed by atoms with Gasteiger partial charge >= 0.3 is 0 Å². The van der Waals surface area contributed by atoms with Gasteiger partial charge in [0.25, 0.3) is 0 Å². The van der Waals surface area contributed by atoms with Crippen LogP contribution in [0.15, 0.2) is 24.3 Å². The van der Waals surface area contributed by atoms with E-state index in [9.17, 15) is 5.11 Å².